The van der Waals surface area contributed by atoms with Crippen molar-refractivity contribution in [1.29, 1.82) is 0 Å². The van der Waals surface area contributed by atoms with Crippen LogP contribution in [0.5, 0.6) is 0 Å². The second-order valence-electron chi connectivity index (χ2n) is 4.98. The largest absolute Gasteiger partial charge is 0.328 e. The number of fused-ring (bicyclic) bond motifs is 1. The lowest BCUT2D eigenvalue weighted by molar-refractivity contribution is 0.706. The van der Waals surface area contributed by atoms with E-state index in [-0.39, 0.29) is 6.04 Å². The maximum absolute atomic E-state index is 6.22. The Balaban J connectivity index is 1.86. The van der Waals surface area contributed by atoms with Crippen molar-refractivity contribution in [2.45, 2.75) is 30.2 Å². The standard InChI is InChI=1S/C15H16ClN3S2/c1-10(17)8-13-14(18-15-19(13)6-7-20-15)21-9-11-4-2-3-5-12(11)16/h2-7,10H,8-9,17H2,1H3. The molecule has 0 spiro atoms. The summed E-state index contributed by atoms with van der Waals surface area (Å²) in [5.41, 5.74) is 8.30. The SMILES string of the molecule is CC(N)Cc1c(SCc2ccccc2Cl)nc2sccn12. The molecule has 0 saturated carbocycles. The Morgan fingerprint density at radius 1 is 1.43 bits per heavy atom. The Morgan fingerprint density at radius 2 is 2.24 bits per heavy atom. The molecular weight excluding hydrogens is 322 g/mol. The van der Waals surface area contributed by atoms with Crippen molar-refractivity contribution >= 4 is 39.7 Å². The molecule has 0 radical (unpaired) electrons. The fourth-order valence-corrected chi connectivity index (χ4v) is 4.30. The van der Waals surface area contributed by atoms with E-state index in [0.29, 0.717) is 0 Å². The molecule has 3 aromatic rings. The van der Waals surface area contributed by atoms with Gasteiger partial charge in [-0.3, -0.25) is 4.40 Å². The molecule has 0 saturated heterocycles. The summed E-state index contributed by atoms with van der Waals surface area (Å²) in [6, 6.07) is 8.05. The van der Waals surface area contributed by atoms with E-state index in [0.717, 1.165) is 32.7 Å². The lowest BCUT2D eigenvalue weighted by Crippen LogP contribution is -2.19. The van der Waals surface area contributed by atoms with E-state index >= 15 is 0 Å². The zero-order valence-corrected chi connectivity index (χ0v) is 14.0. The van der Waals surface area contributed by atoms with Gasteiger partial charge in [-0.25, -0.2) is 4.98 Å². The minimum atomic E-state index is 0.115. The first-order valence-corrected chi connectivity index (χ1v) is 8.95. The van der Waals surface area contributed by atoms with Crippen LogP contribution in [-0.2, 0) is 12.2 Å². The summed E-state index contributed by atoms with van der Waals surface area (Å²) >= 11 is 9.58. The summed E-state index contributed by atoms with van der Waals surface area (Å²) in [6.07, 6.45) is 2.88. The van der Waals surface area contributed by atoms with E-state index in [1.165, 1.54) is 5.69 Å². The van der Waals surface area contributed by atoms with E-state index in [2.05, 4.69) is 22.0 Å². The number of imidazole rings is 1. The monoisotopic (exact) mass is 337 g/mol. The normalized spacial score (nSPS) is 12.9. The van der Waals surface area contributed by atoms with Gasteiger partial charge in [0.25, 0.3) is 0 Å². The van der Waals surface area contributed by atoms with Crippen LogP contribution in [-0.4, -0.2) is 15.4 Å². The van der Waals surface area contributed by atoms with Gasteiger partial charge in [0, 0.05) is 34.8 Å². The molecule has 2 aromatic heterocycles. The smallest absolute Gasteiger partial charge is 0.194 e. The highest BCUT2D eigenvalue weighted by Gasteiger charge is 2.15. The maximum Gasteiger partial charge on any atom is 0.194 e. The molecule has 110 valence electrons. The van der Waals surface area contributed by atoms with Crippen molar-refractivity contribution in [3.63, 3.8) is 0 Å². The molecule has 0 aliphatic heterocycles. The highest BCUT2D eigenvalue weighted by Crippen LogP contribution is 2.31. The van der Waals surface area contributed by atoms with Crippen LogP contribution >= 0.6 is 34.7 Å². The number of halogens is 1. The first-order valence-electron chi connectivity index (χ1n) is 6.71. The minimum Gasteiger partial charge on any atom is -0.328 e. The van der Waals surface area contributed by atoms with Gasteiger partial charge in [-0.15, -0.1) is 11.3 Å². The number of thioether (sulfide) groups is 1. The Hall–Kier alpha value is -1.01. The van der Waals surface area contributed by atoms with E-state index in [1.807, 2.05) is 25.1 Å². The lowest BCUT2D eigenvalue weighted by atomic mass is 10.2. The third-order valence-corrected chi connectivity index (χ3v) is 5.34. The Kier molecular flexibility index (Phi) is 4.54. The van der Waals surface area contributed by atoms with Crippen LogP contribution in [0.3, 0.4) is 0 Å². The van der Waals surface area contributed by atoms with Gasteiger partial charge in [-0.2, -0.15) is 0 Å². The van der Waals surface area contributed by atoms with Gasteiger partial charge in [-0.05, 0) is 18.6 Å². The Bertz CT molecular complexity index is 748. The molecule has 2 N–H and O–H groups in total. The van der Waals surface area contributed by atoms with Gasteiger partial charge < -0.3 is 5.73 Å². The molecule has 1 atom stereocenters. The highest BCUT2D eigenvalue weighted by atomic mass is 35.5. The zero-order valence-electron chi connectivity index (χ0n) is 11.6. The number of aromatic nitrogens is 2. The summed E-state index contributed by atoms with van der Waals surface area (Å²) in [7, 11) is 0. The van der Waals surface area contributed by atoms with Crippen LogP contribution < -0.4 is 5.73 Å². The van der Waals surface area contributed by atoms with Gasteiger partial charge in [0.2, 0.25) is 0 Å². The average Bonchev–Trinajstić information content (AvgIpc) is 3.01. The molecule has 2 heterocycles. The minimum absolute atomic E-state index is 0.115. The number of hydrogen-bond acceptors (Lipinski definition) is 4. The number of benzene rings is 1. The molecule has 1 aromatic carbocycles. The summed E-state index contributed by atoms with van der Waals surface area (Å²) < 4.78 is 2.14. The topological polar surface area (TPSA) is 43.3 Å². The van der Waals surface area contributed by atoms with Gasteiger partial charge in [-0.1, -0.05) is 41.6 Å². The lowest BCUT2D eigenvalue weighted by Gasteiger charge is -2.07. The van der Waals surface area contributed by atoms with Crippen LogP contribution in [0.2, 0.25) is 5.02 Å². The van der Waals surface area contributed by atoms with Gasteiger partial charge in [0.05, 0.1) is 5.69 Å². The fourth-order valence-electron chi connectivity index (χ4n) is 2.18. The first-order chi connectivity index (χ1) is 10.1. The van der Waals surface area contributed by atoms with Crippen molar-refractivity contribution in [1.82, 2.24) is 9.38 Å². The van der Waals surface area contributed by atoms with Crippen LogP contribution in [0.1, 0.15) is 18.2 Å². The molecule has 0 aliphatic rings. The molecule has 0 bridgehead atoms. The number of thiazole rings is 1. The summed E-state index contributed by atoms with van der Waals surface area (Å²) in [5.74, 6) is 0.816. The summed E-state index contributed by atoms with van der Waals surface area (Å²) in [4.78, 5) is 5.74. The van der Waals surface area contributed by atoms with Crippen molar-refractivity contribution < 1.29 is 0 Å². The van der Waals surface area contributed by atoms with Gasteiger partial charge in [0.15, 0.2) is 4.96 Å². The van der Waals surface area contributed by atoms with E-state index < -0.39 is 0 Å². The molecule has 6 heteroatoms. The van der Waals surface area contributed by atoms with E-state index in [1.54, 1.807) is 23.1 Å². The third kappa shape index (κ3) is 3.26. The first kappa shape index (κ1) is 14.9. The van der Waals surface area contributed by atoms with Crippen molar-refractivity contribution in [3.8, 4) is 0 Å². The van der Waals surface area contributed by atoms with Crippen LogP contribution in [0.25, 0.3) is 4.96 Å². The predicted octanol–water partition coefficient (Wildman–Crippen LogP) is 4.23. The molecule has 21 heavy (non-hydrogen) atoms. The van der Waals surface area contributed by atoms with Gasteiger partial charge >= 0.3 is 0 Å². The number of nitrogens with two attached hydrogens (primary N) is 1. The molecule has 3 rings (SSSR count). The van der Waals surface area contributed by atoms with E-state index in [9.17, 15) is 0 Å². The zero-order chi connectivity index (χ0) is 14.8. The quantitative estimate of drug-likeness (QED) is 0.708. The van der Waals surface area contributed by atoms with Crippen LogP contribution in [0, 0.1) is 0 Å². The maximum atomic E-state index is 6.22. The molecular formula is C15H16ClN3S2. The Labute approximate surface area is 137 Å². The van der Waals surface area contributed by atoms with Crippen LogP contribution in [0.15, 0.2) is 40.9 Å². The number of hydrogen-bond donors (Lipinski definition) is 1. The second-order valence-corrected chi connectivity index (χ2v) is 7.22. The highest BCUT2D eigenvalue weighted by molar-refractivity contribution is 7.98. The number of rotatable bonds is 5. The Morgan fingerprint density at radius 3 is 3.00 bits per heavy atom. The summed E-state index contributed by atoms with van der Waals surface area (Å²) in [6.45, 7) is 2.02. The molecule has 3 nitrogen and oxygen atoms in total. The number of nitrogens with zero attached hydrogens (tertiary/aromatic N) is 2. The molecule has 0 fully saturated rings. The fraction of sp³-hybridized carbons (Fsp3) is 0.267. The molecule has 0 amide bonds. The second kappa shape index (κ2) is 6.40. The summed E-state index contributed by atoms with van der Waals surface area (Å²) in [5, 5.41) is 3.91. The van der Waals surface area contributed by atoms with Crippen molar-refractivity contribution in [2.24, 2.45) is 5.73 Å². The van der Waals surface area contributed by atoms with Crippen LogP contribution in [0.4, 0.5) is 0 Å². The van der Waals surface area contributed by atoms with Crippen molar-refractivity contribution in [3.05, 3.63) is 52.1 Å². The average molecular weight is 338 g/mol. The third-order valence-electron chi connectivity index (χ3n) is 3.16. The predicted molar refractivity (Wildman–Crippen MR) is 91.4 cm³/mol. The molecule has 0 aliphatic carbocycles. The van der Waals surface area contributed by atoms with Gasteiger partial charge in [0.1, 0.15) is 5.03 Å². The van der Waals surface area contributed by atoms with Crippen molar-refractivity contribution in [2.75, 3.05) is 0 Å². The van der Waals surface area contributed by atoms with E-state index in [4.69, 9.17) is 22.3 Å². The molecule has 1 unspecified atom stereocenters.